The summed E-state index contributed by atoms with van der Waals surface area (Å²) in [5.74, 6) is 1.87. The minimum Gasteiger partial charge on any atom is -0.467 e. The van der Waals surface area contributed by atoms with Crippen LogP contribution in [0.5, 0.6) is 0 Å². The molecular weight excluding hydrogens is 254 g/mol. The standard InChI is InChI=1S/C15H19N3O2/c1-15(2,3)12-7-13(19)17-14-11(12)8-16-18(14)9-10-5-4-6-20-10/h4-6,8,12H,7,9H2,1-3H3,(H,17,19)/t12-/m1/s1. The normalized spacial score (nSPS) is 18.8. The van der Waals surface area contributed by atoms with Crippen LogP contribution >= 0.6 is 0 Å². The number of amides is 1. The molecule has 0 radical (unpaired) electrons. The van der Waals surface area contributed by atoms with Crippen LogP contribution < -0.4 is 5.32 Å². The maximum Gasteiger partial charge on any atom is 0.226 e. The summed E-state index contributed by atoms with van der Waals surface area (Å²) in [6.45, 7) is 7.00. The summed E-state index contributed by atoms with van der Waals surface area (Å²) in [5.41, 5.74) is 1.15. The molecule has 2 aromatic heterocycles. The van der Waals surface area contributed by atoms with E-state index in [9.17, 15) is 4.79 Å². The fraction of sp³-hybridized carbons (Fsp3) is 0.467. The maximum atomic E-state index is 12.0. The van der Waals surface area contributed by atoms with Crippen LogP contribution in [0.15, 0.2) is 29.0 Å². The highest BCUT2D eigenvalue weighted by atomic mass is 16.3. The highest BCUT2D eigenvalue weighted by molar-refractivity contribution is 5.93. The highest BCUT2D eigenvalue weighted by Gasteiger charge is 2.36. The predicted molar refractivity (Wildman–Crippen MR) is 75.5 cm³/mol. The quantitative estimate of drug-likeness (QED) is 0.915. The van der Waals surface area contributed by atoms with Gasteiger partial charge in [-0.05, 0) is 17.5 Å². The van der Waals surface area contributed by atoms with E-state index in [0.717, 1.165) is 17.1 Å². The van der Waals surface area contributed by atoms with Gasteiger partial charge >= 0.3 is 0 Å². The second-order valence-electron chi connectivity index (χ2n) is 6.36. The smallest absolute Gasteiger partial charge is 0.226 e. The van der Waals surface area contributed by atoms with Gasteiger partial charge in [0.2, 0.25) is 5.91 Å². The third-order valence-electron chi connectivity index (χ3n) is 3.82. The van der Waals surface area contributed by atoms with E-state index in [0.29, 0.717) is 13.0 Å². The van der Waals surface area contributed by atoms with Gasteiger partial charge in [0.05, 0.1) is 12.5 Å². The lowest BCUT2D eigenvalue weighted by molar-refractivity contribution is -0.117. The summed E-state index contributed by atoms with van der Waals surface area (Å²) in [4.78, 5) is 12.0. The Balaban J connectivity index is 1.97. The van der Waals surface area contributed by atoms with Crippen LogP contribution in [-0.4, -0.2) is 15.7 Å². The zero-order chi connectivity index (χ0) is 14.3. The molecule has 3 rings (SSSR count). The molecule has 1 atom stereocenters. The maximum absolute atomic E-state index is 12.0. The first-order valence-electron chi connectivity index (χ1n) is 6.83. The average Bonchev–Trinajstić information content (AvgIpc) is 2.98. The fourth-order valence-electron chi connectivity index (χ4n) is 2.71. The van der Waals surface area contributed by atoms with E-state index < -0.39 is 0 Å². The van der Waals surface area contributed by atoms with Crippen molar-refractivity contribution in [1.29, 1.82) is 0 Å². The minimum atomic E-state index is 0.0328. The zero-order valence-electron chi connectivity index (χ0n) is 12.0. The molecule has 3 heterocycles. The SMILES string of the molecule is CC(C)(C)[C@@H]1CC(=O)Nc2c1cnn2Cc1ccco1. The molecule has 1 aliphatic rings. The Labute approximate surface area is 118 Å². The summed E-state index contributed by atoms with van der Waals surface area (Å²) in [6, 6.07) is 3.75. The first-order chi connectivity index (χ1) is 9.45. The number of fused-ring (bicyclic) bond motifs is 1. The molecule has 0 bridgehead atoms. The molecular formula is C15H19N3O2. The van der Waals surface area contributed by atoms with E-state index in [1.165, 1.54) is 0 Å². The zero-order valence-corrected chi connectivity index (χ0v) is 12.0. The molecule has 1 N–H and O–H groups in total. The first kappa shape index (κ1) is 13.0. The fourth-order valence-corrected chi connectivity index (χ4v) is 2.71. The molecule has 0 unspecified atom stereocenters. The molecule has 5 nitrogen and oxygen atoms in total. The molecule has 0 aromatic carbocycles. The van der Waals surface area contributed by atoms with Crippen LogP contribution in [0.2, 0.25) is 0 Å². The van der Waals surface area contributed by atoms with E-state index in [2.05, 4.69) is 31.2 Å². The Morgan fingerprint density at radius 2 is 2.30 bits per heavy atom. The topological polar surface area (TPSA) is 60.1 Å². The van der Waals surface area contributed by atoms with Gasteiger partial charge in [-0.1, -0.05) is 20.8 Å². The molecule has 0 spiro atoms. The minimum absolute atomic E-state index is 0.0328. The number of furan rings is 1. The number of nitrogens with one attached hydrogen (secondary N) is 1. The Kier molecular flexibility index (Phi) is 2.92. The number of hydrogen-bond acceptors (Lipinski definition) is 3. The molecule has 5 heteroatoms. The summed E-state index contributed by atoms with van der Waals surface area (Å²) in [7, 11) is 0. The van der Waals surface area contributed by atoms with Crippen molar-refractivity contribution in [2.75, 3.05) is 5.32 Å². The molecule has 20 heavy (non-hydrogen) atoms. The molecule has 2 aromatic rings. The second kappa shape index (κ2) is 4.51. The number of carbonyl (C=O) groups is 1. The molecule has 106 valence electrons. The number of nitrogens with zero attached hydrogens (tertiary/aromatic N) is 2. The molecule has 1 aliphatic heterocycles. The van der Waals surface area contributed by atoms with Gasteiger partial charge < -0.3 is 9.73 Å². The second-order valence-corrected chi connectivity index (χ2v) is 6.36. The predicted octanol–water partition coefficient (Wildman–Crippen LogP) is 3.00. The van der Waals surface area contributed by atoms with Gasteiger partial charge in [-0.2, -0.15) is 5.10 Å². The Hall–Kier alpha value is -2.04. The van der Waals surface area contributed by atoms with E-state index in [-0.39, 0.29) is 17.2 Å². The number of rotatable bonds is 2. The molecule has 0 fully saturated rings. The summed E-state index contributed by atoms with van der Waals surface area (Å²) < 4.78 is 7.14. The molecule has 0 saturated heterocycles. The van der Waals surface area contributed by atoms with Gasteiger partial charge in [0.15, 0.2) is 0 Å². The van der Waals surface area contributed by atoms with Gasteiger partial charge in [0.25, 0.3) is 0 Å². The number of anilines is 1. The van der Waals surface area contributed by atoms with Crippen LogP contribution in [0, 0.1) is 5.41 Å². The van der Waals surface area contributed by atoms with Crippen molar-refractivity contribution in [2.24, 2.45) is 5.41 Å². The van der Waals surface area contributed by atoms with E-state index in [4.69, 9.17) is 4.42 Å². The lowest BCUT2D eigenvalue weighted by Gasteiger charge is -2.33. The van der Waals surface area contributed by atoms with Gasteiger partial charge in [-0.3, -0.25) is 4.79 Å². The number of carbonyl (C=O) groups excluding carboxylic acids is 1. The lowest BCUT2D eigenvalue weighted by Crippen LogP contribution is -2.30. The van der Waals surface area contributed by atoms with E-state index in [1.807, 2.05) is 18.3 Å². The average molecular weight is 273 g/mol. The van der Waals surface area contributed by atoms with E-state index >= 15 is 0 Å². The van der Waals surface area contributed by atoms with Crippen molar-refractivity contribution < 1.29 is 9.21 Å². The van der Waals surface area contributed by atoms with Crippen LogP contribution in [0.1, 0.15) is 44.4 Å². The van der Waals surface area contributed by atoms with Crippen LogP contribution in [0.4, 0.5) is 5.82 Å². The van der Waals surface area contributed by atoms with Gasteiger partial charge in [-0.15, -0.1) is 0 Å². The van der Waals surface area contributed by atoms with Crippen molar-refractivity contribution in [1.82, 2.24) is 9.78 Å². The third kappa shape index (κ3) is 2.24. The summed E-state index contributed by atoms with van der Waals surface area (Å²) in [5, 5.41) is 7.36. The van der Waals surface area contributed by atoms with Crippen molar-refractivity contribution in [3.05, 3.63) is 35.9 Å². The van der Waals surface area contributed by atoms with Crippen molar-refractivity contribution >= 4 is 11.7 Å². The Morgan fingerprint density at radius 1 is 1.50 bits per heavy atom. The van der Waals surface area contributed by atoms with Crippen LogP contribution in [-0.2, 0) is 11.3 Å². The van der Waals surface area contributed by atoms with Gasteiger partial charge in [0.1, 0.15) is 18.1 Å². The molecule has 1 amide bonds. The number of hydrogen-bond donors (Lipinski definition) is 1. The first-order valence-corrected chi connectivity index (χ1v) is 6.83. The van der Waals surface area contributed by atoms with Crippen molar-refractivity contribution in [3.63, 3.8) is 0 Å². The molecule has 0 aliphatic carbocycles. The van der Waals surface area contributed by atoms with Crippen molar-refractivity contribution in [3.8, 4) is 0 Å². The lowest BCUT2D eigenvalue weighted by atomic mass is 9.74. The number of aromatic nitrogens is 2. The third-order valence-corrected chi connectivity index (χ3v) is 3.82. The Bertz CT molecular complexity index is 620. The van der Waals surface area contributed by atoms with Crippen LogP contribution in [0.3, 0.4) is 0 Å². The highest BCUT2D eigenvalue weighted by Crippen LogP contribution is 2.43. The van der Waals surface area contributed by atoms with Crippen LogP contribution in [0.25, 0.3) is 0 Å². The summed E-state index contributed by atoms with van der Waals surface area (Å²) in [6.07, 6.45) is 4.03. The van der Waals surface area contributed by atoms with Gasteiger partial charge in [-0.25, -0.2) is 4.68 Å². The van der Waals surface area contributed by atoms with Crippen molar-refractivity contribution in [2.45, 2.75) is 39.7 Å². The monoisotopic (exact) mass is 273 g/mol. The van der Waals surface area contributed by atoms with E-state index in [1.54, 1.807) is 10.9 Å². The summed E-state index contributed by atoms with van der Waals surface area (Å²) >= 11 is 0. The largest absolute Gasteiger partial charge is 0.467 e. The van der Waals surface area contributed by atoms with Gasteiger partial charge in [0, 0.05) is 17.9 Å². The Morgan fingerprint density at radius 3 is 2.95 bits per heavy atom. The molecule has 0 saturated carbocycles.